The first-order valence-corrected chi connectivity index (χ1v) is 9.18. The van der Waals surface area contributed by atoms with Gasteiger partial charge in [-0.15, -0.1) is 0 Å². The molecule has 0 saturated carbocycles. The number of carbonyl (C=O) groups excluding carboxylic acids is 1. The van der Waals surface area contributed by atoms with Crippen molar-refractivity contribution in [2.45, 2.75) is 59.9 Å². The normalized spacial score (nSPS) is 12.6. The molecule has 0 heterocycles. The van der Waals surface area contributed by atoms with Crippen LogP contribution in [0, 0.1) is 20.8 Å². The van der Waals surface area contributed by atoms with Crippen molar-refractivity contribution in [1.29, 1.82) is 0 Å². The van der Waals surface area contributed by atoms with E-state index in [0.29, 0.717) is 5.75 Å². The molecule has 3 heteroatoms. The molecule has 3 nitrogen and oxygen atoms in total. The number of ether oxygens (including phenoxy) is 1. The Kier molecular flexibility index (Phi) is 6.12. The highest BCUT2D eigenvalue weighted by Gasteiger charge is 2.15. The van der Waals surface area contributed by atoms with Crippen LogP contribution in [-0.2, 0) is 10.2 Å². The molecule has 1 atom stereocenters. The Morgan fingerprint density at radius 1 is 1.00 bits per heavy atom. The second-order valence-corrected chi connectivity index (χ2v) is 8.15. The average Bonchev–Trinajstić information content (AvgIpc) is 2.55. The fraction of sp³-hybridized carbons (Fsp3) is 0.435. The molecule has 0 aromatic heterocycles. The summed E-state index contributed by atoms with van der Waals surface area (Å²) in [5.74, 6) is 0.596. The van der Waals surface area contributed by atoms with Crippen molar-refractivity contribution in [1.82, 2.24) is 5.32 Å². The molecule has 0 spiro atoms. The van der Waals surface area contributed by atoms with Gasteiger partial charge in [0.25, 0.3) is 5.91 Å². The molecule has 2 rings (SSSR count). The summed E-state index contributed by atoms with van der Waals surface area (Å²) >= 11 is 0. The van der Waals surface area contributed by atoms with Crippen LogP contribution in [-0.4, -0.2) is 12.5 Å². The number of nitrogens with one attached hydrogen (secondary N) is 1. The molecule has 140 valence electrons. The molecule has 1 amide bonds. The maximum absolute atomic E-state index is 12.3. The summed E-state index contributed by atoms with van der Waals surface area (Å²) in [6, 6.07) is 12.2. The zero-order valence-electron chi connectivity index (χ0n) is 17.1. The zero-order chi connectivity index (χ0) is 19.5. The molecule has 2 aromatic carbocycles. The minimum atomic E-state index is -0.116. The molecule has 0 unspecified atom stereocenters. The van der Waals surface area contributed by atoms with Crippen LogP contribution in [0.5, 0.6) is 5.75 Å². The SMILES string of the molecule is Cc1cc(C)c([C@@H](C)NC(=O)COc2ccc(C(C)(C)C)cc2)cc1C. The van der Waals surface area contributed by atoms with Gasteiger partial charge in [-0.05, 0) is 73.1 Å². The second-order valence-electron chi connectivity index (χ2n) is 8.15. The Labute approximate surface area is 157 Å². The van der Waals surface area contributed by atoms with E-state index in [4.69, 9.17) is 4.74 Å². The van der Waals surface area contributed by atoms with E-state index >= 15 is 0 Å². The number of aryl methyl sites for hydroxylation is 3. The molecule has 0 radical (unpaired) electrons. The van der Waals surface area contributed by atoms with Crippen molar-refractivity contribution in [3.05, 3.63) is 64.2 Å². The third-order valence-electron chi connectivity index (χ3n) is 4.82. The van der Waals surface area contributed by atoms with Crippen LogP contribution in [0.2, 0.25) is 0 Å². The van der Waals surface area contributed by atoms with Gasteiger partial charge < -0.3 is 10.1 Å². The van der Waals surface area contributed by atoms with Gasteiger partial charge in [0, 0.05) is 0 Å². The number of hydrogen-bond donors (Lipinski definition) is 1. The summed E-state index contributed by atoms with van der Waals surface area (Å²) in [6.45, 7) is 14.8. The first kappa shape index (κ1) is 20.0. The molecule has 0 bridgehead atoms. The van der Waals surface area contributed by atoms with Crippen molar-refractivity contribution >= 4 is 5.91 Å². The Balaban J connectivity index is 1.93. The van der Waals surface area contributed by atoms with Crippen LogP contribution in [0.25, 0.3) is 0 Å². The van der Waals surface area contributed by atoms with Gasteiger partial charge in [0.1, 0.15) is 5.75 Å². The second kappa shape index (κ2) is 7.94. The van der Waals surface area contributed by atoms with Gasteiger partial charge in [0.05, 0.1) is 6.04 Å². The van der Waals surface area contributed by atoms with Gasteiger partial charge in [-0.2, -0.15) is 0 Å². The molecule has 0 aliphatic heterocycles. The number of amides is 1. The Hall–Kier alpha value is -2.29. The summed E-state index contributed by atoms with van der Waals surface area (Å²) in [5.41, 5.74) is 6.20. The lowest BCUT2D eigenvalue weighted by atomic mass is 9.87. The monoisotopic (exact) mass is 353 g/mol. The fourth-order valence-electron chi connectivity index (χ4n) is 3.01. The lowest BCUT2D eigenvalue weighted by Crippen LogP contribution is -2.31. The number of rotatable bonds is 5. The standard InChI is InChI=1S/C23H31NO2/c1-15-12-17(3)21(13-16(15)2)18(4)24-22(25)14-26-20-10-8-19(9-11-20)23(5,6)7/h8-13,18H,14H2,1-7H3,(H,24,25)/t18-/m1/s1. The summed E-state index contributed by atoms with van der Waals surface area (Å²) in [7, 11) is 0. The van der Waals surface area contributed by atoms with Gasteiger partial charge in [-0.1, -0.05) is 45.0 Å². The Morgan fingerprint density at radius 3 is 2.15 bits per heavy atom. The number of hydrogen-bond acceptors (Lipinski definition) is 2. The first-order chi connectivity index (χ1) is 12.1. The van der Waals surface area contributed by atoms with Crippen molar-refractivity contribution in [3.8, 4) is 5.75 Å². The molecular formula is C23H31NO2. The largest absolute Gasteiger partial charge is 0.484 e. The Morgan fingerprint density at radius 2 is 1.58 bits per heavy atom. The van der Waals surface area contributed by atoms with Crippen LogP contribution in [0.15, 0.2) is 36.4 Å². The van der Waals surface area contributed by atoms with Crippen molar-refractivity contribution in [2.75, 3.05) is 6.61 Å². The summed E-state index contributed by atoms with van der Waals surface area (Å²) in [6.07, 6.45) is 0. The predicted octanol–water partition coefficient (Wildman–Crippen LogP) is 5.17. The van der Waals surface area contributed by atoms with Gasteiger partial charge in [0.15, 0.2) is 6.61 Å². The summed E-state index contributed by atoms with van der Waals surface area (Å²) in [4.78, 5) is 12.3. The summed E-state index contributed by atoms with van der Waals surface area (Å²) in [5, 5.41) is 3.03. The highest BCUT2D eigenvalue weighted by Crippen LogP contribution is 2.24. The lowest BCUT2D eigenvalue weighted by Gasteiger charge is -2.20. The molecule has 0 aliphatic rings. The molecule has 2 aromatic rings. The molecule has 0 saturated heterocycles. The van der Waals surface area contributed by atoms with Gasteiger partial charge in [-0.25, -0.2) is 0 Å². The zero-order valence-corrected chi connectivity index (χ0v) is 17.1. The molecule has 0 aliphatic carbocycles. The average molecular weight is 354 g/mol. The number of carbonyl (C=O) groups is 1. The molecule has 1 N–H and O–H groups in total. The van der Waals surface area contributed by atoms with E-state index in [-0.39, 0.29) is 24.0 Å². The Bertz CT molecular complexity index is 770. The van der Waals surface area contributed by atoms with E-state index in [2.05, 4.69) is 59.0 Å². The predicted molar refractivity (Wildman–Crippen MR) is 108 cm³/mol. The van der Waals surface area contributed by atoms with Gasteiger partial charge >= 0.3 is 0 Å². The van der Waals surface area contributed by atoms with E-state index in [1.165, 1.54) is 22.3 Å². The number of benzene rings is 2. The highest BCUT2D eigenvalue weighted by molar-refractivity contribution is 5.78. The van der Waals surface area contributed by atoms with Crippen molar-refractivity contribution in [2.24, 2.45) is 0 Å². The van der Waals surface area contributed by atoms with Crippen LogP contribution < -0.4 is 10.1 Å². The van der Waals surface area contributed by atoms with E-state index in [0.717, 1.165) is 5.56 Å². The van der Waals surface area contributed by atoms with Crippen molar-refractivity contribution in [3.63, 3.8) is 0 Å². The third-order valence-corrected chi connectivity index (χ3v) is 4.82. The topological polar surface area (TPSA) is 38.3 Å². The lowest BCUT2D eigenvalue weighted by molar-refractivity contribution is -0.123. The maximum atomic E-state index is 12.3. The van der Waals surface area contributed by atoms with Gasteiger partial charge in [-0.3, -0.25) is 4.79 Å². The van der Waals surface area contributed by atoms with Gasteiger partial charge in [0.2, 0.25) is 0 Å². The third kappa shape index (κ3) is 5.10. The fourth-order valence-corrected chi connectivity index (χ4v) is 3.01. The van der Waals surface area contributed by atoms with E-state index in [9.17, 15) is 4.79 Å². The summed E-state index contributed by atoms with van der Waals surface area (Å²) < 4.78 is 5.63. The van der Waals surface area contributed by atoms with Crippen LogP contribution >= 0.6 is 0 Å². The molecule has 0 fully saturated rings. The maximum Gasteiger partial charge on any atom is 0.258 e. The quantitative estimate of drug-likeness (QED) is 0.806. The minimum absolute atomic E-state index is 0.0170. The van der Waals surface area contributed by atoms with Crippen LogP contribution in [0.1, 0.15) is 61.6 Å². The first-order valence-electron chi connectivity index (χ1n) is 9.18. The molecule has 26 heavy (non-hydrogen) atoms. The van der Waals surface area contributed by atoms with E-state index in [1.807, 2.05) is 31.2 Å². The van der Waals surface area contributed by atoms with E-state index in [1.54, 1.807) is 0 Å². The van der Waals surface area contributed by atoms with Crippen LogP contribution in [0.4, 0.5) is 0 Å². The minimum Gasteiger partial charge on any atom is -0.484 e. The van der Waals surface area contributed by atoms with E-state index < -0.39 is 0 Å². The van der Waals surface area contributed by atoms with Crippen molar-refractivity contribution < 1.29 is 9.53 Å². The smallest absolute Gasteiger partial charge is 0.258 e. The highest BCUT2D eigenvalue weighted by atomic mass is 16.5. The van der Waals surface area contributed by atoms with Crippen LogP contribution in [0.3, 0.4) is 0 Å². The molecular weight excluding hydrogens is 322 g/mol.